The molecule has 1 aliphatic rings. The van der Waals surface area contributed by atoms with Crippen molar-refractivity contribution in [2.75, 3.05) is 5.01 Å². The second-order valence-electron chi connectivity index (χ2n) is 7.27. The summed E-state index contributed by atoms with van der Waals surface area (Å²) in [6.45, 7) is 0. The van der Waals surface area contributed by atoms with Crippen molar-refractivity contribution in [1.29, 1.82) is 0 Å². The van der Waals surface area contributed by atoms with E-state index < -0.39 is 5.97 Å². The minimum absolute atomic E-state index is 0.0623. The lowest BCUT2D eigenvalue weighted by Crippen LogP contribution is -2.18. The first-order valence-electron chi connectivity index (χ1n) is 9.75. The summed E-state index contributed by atoms with van der Waals surface area (Å²) in [4.78, 5) is 20.0. The zero-order valence-electron chi connectivity index (χ0n) is 16.3. The highest BCUT2D eigenvalue weighted by atomic mass is 35.5. The Kier molecular flexibility index (Phi) is 4.84. The number of carbonyl (C=O) groups is 1. The summed E-state index contributed by atoms with van der Waals surface area (Å²) in [5.74, 6) is -0.956. The third kappa shape index (κ3) is 3.73. The second kappa shape index (κ2) is 7.81. The number of aromatic carboxylic acids is 1. The lowest BCUT2D eigenvalue weighted by Gasteiger charge is -2.24. The number of aromatic nitrogens is 2. The molecule has 0 saturated heterocycles. The number of carboxylic acid groups (broad SMARTS) is 1. The van der Waals surface area contributed by atoms with Crippen LogP contribution < -0.4 is 5.01 Å². The van der Waals surface area contributed by atoms with Gasteiger partial charge in [0.2, 0.25) is 0 Å². The predicted octanol–water partition coefficient (Wildman–Crippen LogP) is 5.34. The molecule has 0 fully saturated rings. The lowest BCUT2D eigenvalue weighted by atomic mass is 9.97. The summed E-state index contributed by atoms with van der Waals surface area (Å²) in [6.07, 6.45) is 4.04. The Bertz CT molecular complexity index is 1300. The average Bonchev–Trinajstić information content (AvgIpc) is 3.25. The Labute approximate surface area is 183 Å². The van der Waals surface area contributed by atoms with Crippen LogP contribution in [0.15, 0.2) is 84.2 Å². The third-order valence-electron chi connectivity index (χ3n) is 5.34. The normalized spacial score (nSPS) is 15.8. The predicted molar refractivity (Wildman–Crippen MR) is 121 cm³/mol. The van der Waals surface area contributed by atoms with E-state index in [-0.39, 0.29) is 11.6 Å². The summed E-state index contributed by atoms with van der Waals surface area (Å²) in [5, 5.41) is 16.7. The number of hydrogen-bond donors (Lipinski definition) is 1. The molecule has 1 aromatic heterocycles. The van der Waals surface area contributed by atoms with E-state index in [0.29, 0.717) is 11.4 Å². The summed E-state index contributed by atoms with van der Waals surface area (Å²) in [5.41, 5.74) is 5.70. The number of halogens is 1. The SMILES string of the molecule is O=C(O)c1ccc(N2N=C(c3ccc(Cl)cc3)CC2c2ccc3nccnc3c2)cc1. The van der Waals surface area contributed by atoms with E-state index >= 15 is 0 Å². The van der Waals surface area contributed by atoms with Crippen LogP contribution in [0.25, 0.3) is 11.0 Å². The van der Waals surface area contributed by atoms with Gasteiger partial charge in [-0.1, -0.05) is 29.8 Å². The Morgan fingerprint density at radius 3 is 2.35 bits per heavy atom. The van der Waals surface area contributed by atoms with Gasteiger partial charge in [0.05, 0.1) is 34.0 Å². The van der Waals surface area contributed by atoms with E-state index in [1.807, 2.05) is 47.5 Å². The number of fused-ring (bicyclic) bond motifs is 1. The van der Waals surface area contributed by atoms with Gasteiger partial charge in [0, 0.05) is 23.8 Å². The molecule has 1 unspecified atom stereocenters. The molecule has 7 heteroatoms. The molecule has 1 N–H and O–H groups in total. The number of hydrogen-bond acceptors (Lipinski definition) is 5. The Hall–Kier alpha value is -3.77. The van der Waals surface area contributed by atoms with Crippen LogP contribution in [0, 0.1) is 0 Å². The van der Waals surface area contributed by atoms with Crippen molar-refractivity contribution >= 4 is 40.0 Å². The van der Waals surface area contributed by atoms with Gasteiger partial charge in [-0.2, -0.15) is 5.10 Å². The fraction of sp³-hybridized carbons (Fsp3) is 0.0833. The molecule has 0 bridgehead atoms. The first kappa shape index (κ1) is 19.2. The third-order valence-corrected chi connectivity index (χ3v) is 5.60. The Morgan fingerprint density at radius 1 is 0.935 bits per heavy atom. The molecule has 31 heavy (non-hydrogen) atoms. The Balaban J connectivity index is 1.57. The van der Waals surface area contributed by atoms with Crippen LogP contribution in [-0.4, -0.2) is 26.8 Å². The average molecular weight is 429 g/mol. The first-order chi connectivity index (χ1) is 15.1. The van der Waals surface area contributed by atoms with E-state index in [1.54, 1.807) is 36.7 Å². The van der Waals surface area contributed by atoms with Crippen molar-refractivity contribution < 1.29 is 9.90 Å². The molecule has 0 radical (unpaired) electrons. The minimum Gasteiger partial charge on any atom is -0.478 e. The van der Waals surface area contributed by atoms with Gasteiger partial charge in [-0.25, -0.2) is 4.79 Å². The first-order valence-corrected chi connectivity index (χ1v) is 10.1. The molecule has 152 valence electrons. The van der Waals surface area contributed by atoms with Gasteiger partial charge in [0.25, 0.3) is 0 Å². The molecule has 3 aromatic carbocycles. The molecular weight excluding hydrogens is 412 g/mol. The quantitative estimate of drug-likeness (QED) is 0.474. The molecule has 5 rings (SSSR count). The molecule has 2 heterocycles. The molecule has 0 aliphatic carbocycles. The van der Waals surface area contributed by atoms with E-state index in [4.69, 9.17) is 16.7 Å². The molecule has 0 spiro atoms. The van der Waals surface area contributed by atoms with Crippen molar-refractivity contribution in [3.63, 3.8) is 0 Å². The standard InChI is InChI=1S/C24H17ClN4O2/c25-18-6-1-15(2-7-18)21-14-23(17-5-10-20-22(13-17)27-12-11-26-20)29(28-21)19-8-3-16(4-9-19)24(30)31/h1-13,23H,14H2,(H,30,31). The van der Waals surface area contributed by atoms with E-state index in [1.165, 1.54) is 0 Å². The number of anilines is 1. The summed E-state index contributed by atoms with van der Waals surface area (Å²) in [6, 6.07) is 20.4. The molecular formula is C24H17ClN4O2. The monoisotopic (exact) mass is 428 g/mol. The molecule has 0 amide bonds. The fourth-order valence-electron chi connectivity index (χ4n) is 3.77. The van der Waals surface area contributed by atoms with Crippen LogP contribution >= 0.6 is 11.6 Å². The number of hydrazone groups is 1. The highest BCUT2D eigenvalue weighted by Crippen LogP contribution is 2.37. The zero-order chi connectivity index (χ0) is 21.4. The van der Waals surface area contributed by atoms with Crippen molar-refractivity contribution in [2.45, 2.75) is 12.5 Å². The topological polar surface area (TPSA) is 78.7 Å². The maximum absolute atomic E-state index is 11.2. The summed E-state index contributed by atoms with van der Waals surface area (Å²) >= 11 is 6.05. The Morgan fingerprint density at radius 2 is 1.65 bits per heavy atom. The largest absolute Gasteiger partial charge is 0.478 e. The number of benzene rings is 3. The van der Waals surface area contributed by atoms with Crippen LogP contribution in [0.2, 0.25) is 5.02 Å². The van der Waals surface area contributed by atoms with Crippen LogP contribution in [0.5, 0.6) is 0 Å². The molecule has 1 aliphatic heterocycles. The van der Waals surface area contributed by atoms with Crippen molar-refractivity contribution in [3.05, 3.63) is 101 Å². The highest BCUT2D eigenvalue weighted by Gasteiger charge is 2.30. The lowest BCUT2D eigenvalue weighted by molar-refractivity contribution is 0.0697. The maximum atomic E-state index is 11.2. The summed E-state index contributed by atoms with van der Waals surface area (Å²) in [7, 11) is 0. The molecule has 0 saturated carbocycles. The van der Waals surface area contributed by atoms with Gasteiger partial charge < -0.3 is 5.11 Å². The number of rotatable bonds is 4. The van der Waals surface area contributed by atoms with Gasteiger partial charge in [-0.05, 0) is 59.7 Å². The van der Waals surface area contributed by atoms with E-state index in [9.17, 15) is 9.90 Å². The van der Waals surface area contributed by atoms with Gasteiger partial charge >= 0.3 is 5.97 Å². The summed E-state index contributed by atoms with van der Waals surface area (Å²) < 4.78 is 0. The van der Waals surface area contributed by atoms with Crippen LogP contribution in [0.4, 0.5) is 5.69 Å². The van der Waals surface area contributed by atoms with Crippen molar-refractivity contribution in [1.82, 2.24) is 9.97 Å². The number of carboxylic acids is 1. The van der Waals surface area contributed by atoms with Crippen molar-refractivity contribution in [3.8, 4) is 0 Å². The van der Waals surface area contributed by atoms with Gasteiger partial charge in [0.15, 0.2) is 0 Å². The van der Waals surface area contributed by atoms with Gasteiger partial charge in [-0.3, -0.25) is 15.0 Å². The second-order valence-corrected chi connectivity index (χ2v) is 7.71. The molecule has 4 aromatic rings. The van der Waals surface area contributed by atoms with E-state index in [2.05, 4.69) is 9.97 Å². The van der Waals surface area contributed by atoms with Gasteiger partial charge in [0.1, 0.15) is 0 Å². The van der Waals surface area contributed by atoms with Gasteiger partial charge in [-0.15, -0.1) is 0 Å². The fourth-order valence-corrected chi connectivity index (χ4v) is 3.90. The highest BCUT2D eigenvalue weighted by molar-refractivity contribution is 6.30. The smallest absolute Gasteiger partial charge is 0.335 e. The molecule has 6 nitrogen and oxygen atoms in total. The maximum Gasteiger partial charge on any atom is 0.335 e. The number of nitrogens with zero attached hydrogens (tertiary/aromatic N) is 4. The molecule has 1 atom stereocenters. The van der Waals surface area contributed by atoms with Crippen LogP contribution in [-0.2, 0) is 0 Å². The van der Waals surface area contributed by atoms with E-state index in [0.717, 1.165) is 33.6 Å². The van der Waals surface area contributed by atoms with Crippen molar-refractivity contribution in [2.24, 2.45) is 5.10 Å². The zero-order valence-corrected chi connectivity index (χ0v) is 17.1. The van der Waals surface area contributed by atoms with Crippen LogP contribution in [0.3, 0.4) is 0 Å². The minimum atomic E-state index is -0.956. The van der Waals surface area contributed by atoms with Crippen LogP contribution in [0.1, 0.15) is 33.9 Å².